The van der Waals surface area contributed by atoms with Crippen molar-refractivity contribution in [3.05, 3.63) is 40.0 Å². The van der Waals surface area contributed by atoms with E-state index in [-0.39, 0.29) is 48.2 Å². The van der Waals surface area contributed by atoms with Crippen LogP contribution in [-0.4, -0.2) is 32.9 Å². The molecule has 1 atom stereocenters. The number of hydrogen-bond acceptors (Lipinski definition) is 4. The highest BCUT2D eigenvalue weighted by molar-refractivity contribution is 14.0. The fourth-order valence-corrected chi connectivity index (χ4v) is 2.61. The summed E-state index contributed by atoms with van der Waals surface area (Å²) in [5.74, 6) is 0.254. The van der Waals surface area contributed by atoms with Gasteiger partial charge >= 0.3 is 5.69 Å². The highest BCUT2D eigenvalue weighted by Crippen LogP contribution is 2.39. The van der Waals surface area contributed by atoms with Gasteiger partial charge in [0.15, 0.2) is 5.75 Å². The van der Waals surface area contributed by atoms with Crippen LogP contribution in [0.15, 0.2) is 29.3 Å². The van der Waals surface area contributed by atoms with Crippen LogP contribution in [0.4, 0.5) is 5.69 Å². The molecule has 0 N–H and O–H groups in total. The number of rotatable bonds is 2. The average Bonchev–Trinajstić information content (AvgIpc) is 2.79. The van der Waals surface area contributed by atoms with Gasteiger partial charge in [-0.3, -0.25) is 9.36 Å². The molecule has 0 saturated carbocycles. The molecule has 0 fully saturated rings. The first-order chi connectivity index (χ1) is 10.5. The summed E-state index contributed by atoms with van der Waals surface area (Å²) in [6.45, 7) is 2.13. The molecule has 124 valence electrons. The summed E-state index contributed by atoms with van der Waals surface area (Å²) < 4.78 is 8.16. The van der Waals surface area contributed by atoms with Gasteiger partial charge in [-0.05, 0) is 19.1 Å². The quantitative estimate of drug-likeness (QED) is 0.653. The zero-order valence-electron chi connectivity index (χ0n) is 12.6. The molecule has 1 aliphatic heterocycles. The molecule has 1 unspecified atom stereocenters. The van der Waals surface area contributed by atoms with E-state index in [1.54, 1.807) is 30.1 Å². The van der Waals surface area contributed by atoms with E-state index < -0.39 is 0 Å². The van der Waals surface area contributed by atoms with Crippen LogP contribution in [-0.2, 0) is 18.4 Å². The van der Waals surface area contributed by atoms with E-state index in [9.17, 15) is 9.59 Å². The third kappa shape index (κ3) is 3.37. The molecule has 23 heavy (non-hydrogen) atoms. The fraction of sp³-hybridized carbons (Fsp3) is 0.357. The van der Waals surface area contributed by atoms with Crippen molar-refractivity contribution in [2.45, 2.75) is 19.6 Å². The van der Waals surface area contributed by atoms with Crippen molar-refractivity contribution >= 4 is 47.2 Å². The zero-order chi connectivity index (χ0) is 15.9. The maximum Gasteiger partial charge on any atom is 0.345 e. The molecule has 7 nitrogen and oxygen atoms in total. The Balaban J connectivity index is 0.00000192. The number of fused-ring (bicyclic) bond motifs is 1. The van der Waals surface area contributed by atoms with Crippen LogP contribution in [0.1, 0.15) is 6.92 Å². The van der Waals surface area contributed by atoms with Gasteiger partial charge in [0.25, 0.3) is 0 Å². The topological polar surface area (TPSA) is 69.4 Å². The lowest BCUT2D eigenvalue weighted by Crippen LogP contribution is -2.45. The van der Waals surface area contributed by atoms with Gasteiger partial charge in [0.05, 0.1) is 17.3 Å². The van der Waals surface area contributed by atoms with E-state index >= 15 is 0 Å². The molecular weight excluding hydrogens is 435 g/mol. The number of aryl methyl sites for hydroxylation is 1. The van der Waals surface area contributed by atoms with Gasteiger partial charge in [-0.25, -0.2) is 9.48 Å². The maximum atomic E-state index is 12.6. The first-order valence-corrected chi connectivity index (χ1v) is 7.19. The number of hydrogen-bond donors (Lipinski definition) is 0. The number of carbonyl (C=O) groups is 1. The predicted octanol–water partition coefficient (Wildman–Crippen LogP) is 1.67. The molecule has 1 amide bonds. The molecule has 2 aromatic rings. The Labute approximate surface area is 154 Å². The maximum absolute atomic E-state index is 12.6. The Morgan fingerprint density at radius 1 is 1.48 bits per heavy atom. The van der Waals surface area contributed by atoms with Crippen LogP contribution in [0.2, 0.25) is 5.02 Å². The Bertz CT molecular complexity index is 789. The molecule has 1 aromatic heterocycles. The number of halogens is 2. The molecule has 2 heterocycles. The van der Waals surface area contributed by atoms with Crippen LogP contribution in [0, 0.1) is 0 Å². The number of nitrogens with zero attached hydrogens (tertiary/aromatic N) is 4. The lowest BCUT2D eigenvalue weighted by molar-refractivity contribution is -0.119. The first-order valence-electron chi connectivity index (χ1n) is 6.81. The van der Waals surface area contributed by atoms with Crippen molar-refractivity contribution in [1.29, 1.82) is 0 Å². The minimum atomic E-state index is -0.332. The molecule has 0 bridgehead atoms. The van der Waals surface area contributed by atoms with E-state index in [1.807, 2.05) is 6.92 Å². The Morgan fingerprint density at radius 3 is 2.87 bits per heavy atom. The molecule has 0 saturated heterocycles. The number of amides is 1. The van der Waals surface area contributed by atoms with Crippen LogP contribution in [0.25, 0.3) is 0 Å². The van der Waals surface area contributed by atoms with Gasteiger partial charge in [-0.15, -0.1) is 24.0 Å². The zero-order valence-corrected chi connectivity index (χ0v) is 15.7. The Hall–Kier alpha value is -1.55. The number of aromatic nitrogens is 3. The van der Waals surface area contributed by atoms with E-state index in [0.717, 1.165) is 4.68 Å². The van der Waals surface area contributed by atoms with E-state index in [0.29, 0.717) is 23.0 Å². The van der Waals surface area contributed by atoms with Crippen molar-refractivity contribution in [3.63, 3.8) is 0 Å². The van der Waals surface area contributed by atoms with Crippen LogP contribution < -0.4 is 15.3 Å². The van der Waals surface area contributed by atoms with Gasteiger partial charge in [0.2, 0.25) is 5.91 Å². The summed E-state index contributed by atoms with van der Waals surface area (Å²) in [4.78, 5) is 25.9. The van der Waals surface area contributed by atoms with E-state index in [2.05, 4.69) is 5.10 Å². The second-order valence-electron chi connectivity index (χ2n) is 5.20. The Morgan fingerprint density at radius 2 is 2.22 bits per heavy atom. The second kappa shape index (κ2) is 6.91. The summed E-state index contributed by atoms with van der Waals surface area (Å²) in [6.07, 6.45) is 1.19. The second-order valence-corrected chi connectivity index (χ2v) is 5.61. The number of anilines is 1. The first kappa shape index (κ1) is 17.8. The Kier molecular flexibility index (Phi) is 5.35. The number of benzene rings is 1. The van der Waals surface area contributed by atoms with Crippen LogP contribution in [0.5, 0.6) is 5.75 Å². The number of carbonyl (C=O) groups excluding carboxylic acids is 1. The highest BCUT2D eigenvalue weighted by atomic mass is 127. The molecule has 9 heteroatoms. The number of ether oxygens (including phenoxy) is 1. The molecule has 1 aliphatic rings. The number of para-hydroxylation sites is 1. The van der Waals surface area contributed by atoms with Crippen LogP contribution >= 0.6 is 35.6 Å². The van der Waals surface area contributed by atoms with Crippen molar-refractivity contribution in [1.82, 2.24) is 14.3 Å². The van der Waals surface area contributed by atoms with Gasteiger partial charge in [0, 0.05) is 7.05 Å². The molecular formula is C14H16ClIN4O3. The summed E-state index contributed by atoms with van der Waals surface area (Å²) >= 11 is 6.13. The largest absolute Gasteiger partial charge is 0.485 e. The molecule has 0 radical (unpaired) electrons. The summed E-state index contributed by atoms with van der Waals surface area (Å²) in [5.41, 5.74) is 0.278. The smallest absolute Gasteiger partial charge is 0.345 e. The van der Waals surface area contributed by atoms with Crippen molar-refractivity contribution in [2.24, 2.45) is 7.05 Å². The van der Waals surface area contributed by atoms with E-state index in [1.165, 1.54) is 10.9 Å². The fourth-order valence-electron chi connectivity index (χ4n) is 2.40. The standard InChI is InChI=1S/C14H15ClN4O3.HI/c1-9-6-18(11-5-3-4-10(15)13(11)22-9)12(20)7-19-14(21)17(2)8-16-19;/h3-5,8-9H,6-7H2,1-2H3;1H. The van der Waals surface area contributed by atoms with Crippen LogP contribution in [0.3, 0.4) is 0 Å². The lowest BCUT2D eigenvalue weighted by atomic mass is 10.2. The van der Waals surface area contributed by atoms with E-state index in [4.69, 9.17) is 16.3 Å². The summed E-state index contributed by atoms with van der Waals surface area (Å²) in [5, 5.41) is 4.36. The minimum absolute atomic E-state index is 0. The third-order valence-corrected chi connectivity index (χ3v) is 3.77. The molecule has 1 aromatic carbocycles. The van der Waals surface area contributed by atoms with Gasteiger partial charge in [0.1, 0.15) is 19.0 Å². The van der Waals surface area contributed by atoms with Crippen molar-refractivity contribution in [3.8, 4) is 5.75 Å². The van der Waals surface area contributed by atoms with Gasteiger partial charge < -0.3 is 9.64 Å². The van der Waals surface area contributed by atoms with Crippen molar-refractivity contribution < 1.29 is 9.53 Å². The van der Waals surface area contributed by atoms with Crippen molar-refractivity contribution in [2.75, 3.05) is 11.4 Å². The molecule has 3 rings (SSSR count). The predicted molar refractivity (Wildman–Crippen MR) is 96.8 cm³/mol. The molecule has 0 spiro atoms. The normalized spacial score (nSPS) is 16.3. The van der Waals surface area contributed by atoms with Gasteiger partial charge in [-0.1, -0.05) is 17.7 Å². The summed E-state index contributed by atoms with van der Waals surface area (Å²) in [6, 6.07) is 5.24. The molecule has 0 aliphatic carbocycles. The van der Waals surface area contributed by atoms with Gasteiger partial charge in [-0.2, -0.15) is 5.10 Å². The average molecular weight is 451 g/mol. The highest BCUT2D eigenvalue weighted by Gasteiger charge is 2.29. The summed E-state index contributed by atoms with van der Waals surface area (Å²) in [7, 11) is 1.59. The SMILES string of the molecule is CC1CN(C(=O)Cn2ncn(C)c2=O)c2cccc(Cl)c2O1.I. The minimum Gasteiger partial charge on any atom is -0.485 e. The third-order valence-electron chi connectivity index (χ3n) is 3.47. The lowest BCUT2D eigenvalue weighted by Gasteiger charge is -2.33. The monoisotopic (exact) mass is 450 g/mol.